The molecule has 1 aliphatic heterocycles. The molecule has 1 atom stereocenters. The maximum atomic E-state index is 6.04. The first-order valence-electron chi connectivity index (χ1n) is 8.10. The van der Waals surface area contributed by atoms with E-state index in [1.54, 1.807) is 0 Å². The van der Waals surface area contributed by atoms with Crippen LogP contribution in [0.25, 0.3) is 0 Å². The minimum Gasteiger partial charge on any atom is -0.375 e. The van der Waals surface area contributed by atoms with Crippen molar-refractivity contribution in [2.75, 3.05) is 23.8 Å². The molecule has 0 aromatic carbocycles. The van der Waals surface area contributed by atoms with E-state index in [0.29, 0.717) is 12.0 Å². The summed E-state index contributed by atoms with van der Waals surface area (Å²) < 4.78 is 6.04. The van der Waals surface area contributed by atoms with Crippen molar-refractivity contribution >= 4 is 11.8 Å². The van der Waals surface area contributed by atoms with Gasteiger partial charge in [-0.3, -0.25) is 0 Å². The quantitative estimate of drug-likeness (QED) is 0.842. The largest absolute Gasteiger partial charge is 0.375 e. The van der Waals surface area contributed by atoms with Crippen molar-refractivity contribution in [3.63, 3.8) is 0 Å². The molecule has 2 N–H and O–H groups in total. The Balaban J connectivity index is 2.08. The van der Waals surface area contributed by atoms with Crippen LogP contribution in [0.1, 0.15) is 52.0 Å². The van der Waals surface area contributed by atoms with Gasteiger partial charge in [-0.05, 0) is 39.5 Å². The van der Waals surface area contributed by atoms with Gasteiger partial charge in [0.1, 0.15) is 5.82 Å². The van der Waals surface area contributed by atoms with E-state index in [4.69, 9.17) is 4.74 Å². The monoisotopic (exact) mass is 292 g/mol. The highest BCUT2D eigenvalue weighted by atomic mass is 16.5. The molecule has 5 heteroatoms. The standard InChI is InChI=1S/C16H28N4O/c1-5-16(6-2)10-13(8-9-21-16)19-14-12(4)11-18-15(20-14)17-7-3/h11,13H,5-10H2,1-4H3,(H2,17,18,19,20). The normalized spacial score (nSPS) is 21.0. The molecule has 1 saturated heterocycles. The van der Waals surface area contributed by atoms with Crippen molar-refractivity contribution in [1.29, 1.82) is 0 Å². The molecular weight excluding hydrogens is 264 g/mol. The number of nitrogens with one attached hydrogen (secondary N) is 2. The highest BCUT2D eigenvalue weighted by Gasteiger charge is 2.34. The number of aromatic nitrogens is 2. The zero-order valence-corrected chi connectivity index (χ0v) is 13.7. The second kappa shape index (κ2) is 7.07. The summed E-state index contributed by atoms with van der Waals surface area (Å²) >= 11 is 0. The molecule has 1 fully saturated rings. The Hall–Kier alpha value is -1.36. The molecule has 0 saturated carbocycles. The fourth-order valence-corrected chi connectivity index (χ4v) is 2.92. The lowest BCUT2D eigenvalue weighted by molar-refractivity contribution is -0.0864. The van der Waals surface area contributed by atoms with Gasteiger partial charge < -0.3 is 15.4 Å². The van der Waals surface area contributed by atoms with E-state index < -0.39 is 0 Å². The van der Waals surface area contributed by atoms with Crippen molar-refractivity contribution in [2.45, 2.75) is 65.0 Å². The van der Waals surface area contributed by atoms with Gasteiger partial charge in [0.2, 0.25) is 5.95 Å². The first kappa shape index (κ1) is 16.0. The van der Waals surface area contributed by atoms with Crippen molar-refractivity contribution in [1.82, 2.24) is 9.97 Å². The Labute approximate surface area is 127 Å². The van der Waals surface area contributed by atoms with E-state index in [1.807, 2.05) is 20.0 Å². The van der Waals surface area contributed by atoms with Crippen molar-refractivity contribution in [3.8, 4) is 0 Å². The molecule has 0 amide bonds. The third-order valence-electron chi connectivity index (χ3n) is 4.43. The van der Waals surface area contributed by atoms with Gasteiger partial charge in [0.25, 0.3) is 0 Å². The van der Waals surface area contributed by atoms with E-state index in [9.17, 15) is 0 Å². The van der Waals surface area contributed by atoms with Gasteiger partial charge in [-0.1, -0.05) is 13.8 Å². The molecule has 21 heavy (non-hydrogen) atoms. The van der Waals surface area contributed by atoms with Crippen molar-refractivity contribution in [3.05, 3.63) is 11.8 Å². The third kappa shape index (κ3) is 3.84. The second-order valence-corrected chi connectivity index (χ2v) is 5.83. The molecule has 0 spiro atoms. The third-order valence-corrected chi connectivity index (χ3v) is 4.43. The summed E-state index contributed by atoms with van der Waals surface area (Å²) in [7, 11) is 0. The number of ether oxygens (including phenoxy) is 1. The SMILES string of the molecule is CCNc1ncc(C)c(NC2CCOC(CC)(CC)C2)n1. The molecule has 118 valence electrons. The minimum absolute atomic E-state index is 0.0291. The summed E-state index contributed by atoms with van der Waals surface area (Å²) in [5, 5.41) is 6.76. The molecule has 1 aromatic heterocycles. The van der Waals surface area contributed by atoms with E-state index in [1.165, 1.54) is 0 Å². The first-order valence-corrected chi connectivity index (χ1v) is 8.10. The van der Waals surface area contributed by atoms with E-state index in [-0.39, 0.29) is 5.60 Å². The molecule has 2 rings (SSSR count). The molecular formula is C16H28N4O. The Kier molecular flexibility index (Phi) is 5.39. The summed E-state index contributed by atoms with van der Waals surface area (Å²) in [6.45, 7) is 10.2. The van der Waals surface area contributed by atoms with Crippen LogP contribution in [0.3, 0.4) is 0 Å². The number of hydrogen-bond donors (Lipinski definition) is 2. The van der Waals surface area contributed by atoms with Crippen LogP contribution < -0.4 is 10.6 Å². The van der Waals surface area contributed by atoms with Crippen LogP contribution >= 0.6 is 0 Å². The van der Waals surface area contributed by atoms with E-state index in [2.05, 4.69) is 34.4 Å². The van der Waals surface area contributed by atoms with Gasteiger partial charge in [0.15, 0.2) is 0 Å². The summed E-state index contributed by atoms with van der Waals surface area (Å²) in [4.78, 5) is 8.88. The van der Waals surface area contributed by atoms with Gasteiger partial charge in [-0.2, -0.15) is 4.98 Å². The molecule has 5 nitrogen and oxygen atoms in total. The molecule has 0 bridgehead atoms. The maximum absolute atomic E-state index is 6.04. The van der Waals surface area contributed by atoms with Gasteiger partial charge >= 0.3 is 0 Å². The van der Waals surface area contributed by atoms with Crippen LogP contribution in [0.15, 0.2) is 6.20 Å². The van der Waals surface area contributed by atoms with Crippen LogP contribution in [0.4, 0.5) is 11.8 Å². The Morgan fingerprint density at radius 2 is 2.10 bits per heavy atom. The van der Waals surface area contributed by atoms with Crippen molar-refractivity contribution < 1.29 is 4.74 Å². The Bertz CT molecular complexity index is 460. The average molecular weight is 292 g/mol. The number of rotatable bonds is 6. The van der Waals surface area contributed by atoms with Gasteiger partial charge in [0.05, 0.1) is 5.60 Å². The van der Waals surface area contributed by atoms with Gasteiger partial charge in [-0.25, -0.2) is 4.98 Å². The summed E-state index contributed by atoms with van der Waals surface area (Å²) in [5.74, 6) is 1.63. The fraction of sp³-hybridized carbons (Fsp3) is 0.750. The smallest absolute Gasteiger partial charge is 0.224 e. The molecule has 1 aromatic rings. The molecule has 2 heterocycles. The molecule has 0 radical (unpaired) electrons. The van der Waals surface area contributed by atoms with Crippen LogP contribution in [-0.2, 0) is 4.74 Å². The lowest BCUT2D eigenvalue weighted by atomic mass is 9.86. The van der Waals surface area contributed by atoms with E-state index >= 15 is 0 Å². The van der Waals surface area contributed by atoms with Crippen LogP contribution in [0, 0.1) is 6.92 Å². The summed E-state index contributed by atoms with van der Waals surface area (Å²) in [6, 6.07) is 0.418. The van der Waals surface area contributed by atoms with Gasteiger partial charge in [-0.15, -0.1) is 0 Å². The molecule has 1 aliphatic rings. The lowest BCUT2D eigenvalue weighted by Crippen LogP contribution is -2.43. The first-order chi connectivity index (χ1) is 10.1. The predicted octanol–water partition coefficient (Wildman–Crippen LogP) is 3.37. The van der Waals surface area contributed by atoms with Crippen LogP contribution in [0.5, 0.6) is 0 Å². The van der Waals surface area contributed by atoms with E-state index in [0.717, 1.165) is 50.2 Å². The highest BCUT2D eigenvalue weighted by Crippen LogP contribution is 2.32. The zero-order valence-electron chi connectivity index (χ0n) is 13.7. The fourth-order valence-electron chi connectivity index (χ4n) is 2.92. The maximum Gasteiger partial charge on any atom is 0.224 e. The predicted molar refractivity (Wildman–Crippen MR) is 86.8 cm³/mol. The number of hydrogen-bond acceptors (Lipinski definition) is 5. The number of nitrogens with zero attached hydrogens (tertiary/aromatic N) is 2. The Morgan fingerprint density at radius 3 is 2.76 bits per heavy atom. The molecule has 1 unspecified atom stereocenters. The lowest BCUT2D eigenvalue weighted by Gasteiger charge is -2.40. The zero-order chi connectivity index (χ0) is 15.3. The topological polar surface area (TPSA) is 59.1 Å². The van der Waals surface area contributed by atoms with Crippen molar-refractivity contribution in [2.24, 2.45) is 0 Å². The van der Waals surface area contributed by atoms with Crippen LogP contribution in [0.2, 0.25) is 0 Å². The second-order valence-electron chi connectivity index (χ2n) is 5.83. The average Bonchev–Trinajstić information content (AvgIpc) is 2.51. The van der Waals surface area contributed by atoms with Crippen LogP contribution in [-0.4, -0.2) is 34.8 Å². The molecule has 0 aliphatic carbocycles. The summed E-state index contributed by atoms with van der Waals surface area (Å²) in [6.07, 6.45) is 6.07. The van der Waals surface area contributed by atoms with Gasteiger partial charge in [0, 0.05) is 31.0 Å². The minimum atomic E-state index is 0.0291. The number of aryl methyl sites for hydroxylation is 1. The summed E-state index contributed by atoms with van der Waals surface area (Å²) in [5.41, 5.74) is 1.11. The Morgan fingerprint density at radius 1 is 1.33 bits per heavy atom. The highest BCUT2D eigenvalue weighted by molar-refractivity contribution is 5.47. The number of anilines is 2.